The molecular weight excluding hydrogens is 244 g/mol. The van der Waals surface area contributed by atoms with Crippen LogP contribution in [-0.2, 0) is 6.42 Å². The third-order valence-corrected chi connectivity index (χ3v) is 3.62. The fourth-order valence-electron chi connectivity index (χ4n) is 2.21. The molecule has 0 amide bonds. The summed E-state index contributed by atoms with van der Waals surface area (Å²) in [5, 5.41) is 13.6. The van der Waals surface area contributed by atoms with Crippen molar-refractivity contribution in [2.24, 2.45) is 0 Å². The molecule has 18 heavy (non-hydrogen) atoms. The third-order valence-electron chi connectivity index (χ3n) is 3.22. The third kappa shape index (κ3) is 3.96. The van der Waals surface area contributed by atoms with Crippen LogP contribution in [0, 0.1) is 0 Å². The number of thiocarbonyl (C=S) groups is 1. The zero-order valence-electron chi connectivity index (χ0n) is 10.5. The molecule has 2 N–H and O–H groups in total. The number of likely N-dealkylation sites (tertiary alicyclic amines) is 1. The van der Waals surface area contributed by atoms with E-state index in [1.54, 1.807) is 0 Å². The van der Waals surface area contributed by atoms with Gasteiger partial charge in [-0.1, -0.05) is 30.3 Å². The minimum Gasteiger partial charge on any atom is -0.391 e. The number of hydrogen-bond acceptors (Lipinski definition) is 2. The van der Waals surface area contributed by atoms with Gasteiger partial charge >= 0.3 is 0 Å². The summed E-state index contributed by atoms with van der Waals surface area (Å²) in [6.45, 7) is 2.46. The van der Waals surface area contributed by atoms with Crippen molar-refractivity contribution in [2.75, 3.05) is 19.6 Å². The van der Waals surface area contributed by atoms with Gasteiger partial charge in [-0.05, 0) is 37.0 Å². The Morgan fingerprint density at radius 1 is 1.39 bits per heavy atom. The molecule has 1 atom stereocenters. The van der Waals surface area contributed by atoms with Gasteiger partial charge in [-0.3, -0.25) is 0 Å². The summed E-state index contributed by atoms with van der Waals surface area (Å²) in [4.78, 5) is 2.06. The van der Waals surface area contributed by atoms with Crippen molar-refractivity contribution in [3.8, 4) is 0 Å². The minimum atomic E-state index is -0.229. The molecule has 1 aliphatic heterocycles. The van der Waals surface area contributed by atoms with Gasteiger partial charge < -0.3 is 15.3 Å². The normalized spacial score (nSPS) is 19.6. The van der Waals surface area contributed by atoms with E-state index in [0.29, 0.717) is 6.54 Å². The van der Waals surface area contributed by atoms with Gasteiger partial charge in [0, 0.05) is 19.6 Å². The largest absolute Gasteiger partial charge is 0.391 e. The summed E-state index contributed by atoms with van der Waals surface area (Å²) in [7, 11) is 0. The van der Waals surface area contributed by atoms with Crippen LogP contribution in [0.15, 0.2) is 30.3 Å². The topological polar surface area (TPSA) is 35.5 Å². The molecule has 0 aromatic heterocycles. The first-order valence-corrected chi connectivity index (χ1v) is 6.91. The molecule has 0 saturated carbocycles. The van der Waals surface area contributed by atoms with E-state index in [9.17, 15) is 5.11 Å². The van der Waals surface area contributed by atoms with Crippen LogP contribution in [0.5, 0.6) is 0 Å². The lowest BCUT2D eigenvalue weighted by molar-refractivity contribution is 0.103. The summed E-state index contributed by atoms with van der Waals surface area (Å²) in [5.41, 5.74) is 1.31. The lowest BCUT2D eigenvalue weighted by atomic mass is 10.1. The first-order chi connectivity index (χ1) is 8.75. The number of aliphatic hydroxyl groups is 1. The molecule has 3 nitrogen and oxygen atoms in total. The second-order valence-corrected chi connectivity index (χ2v) is 5.10. The van der Waals surface area contributed by atoms with Crippen LogP contribution in [0.4, 0.5) is 0 Å². The molecule has 0 spiro atoms. The van der Waals surface area contributed by atoms with Crippen LogP contribution in [0.1, 0.15) is 18.4 Å². The SMILES string of the molecule is O[C@H]1CCCN(C(=S)NCCc2ccccc2)C1. The van der Waals surface area contributed by atoms with Gasteiger partial charge in [0.1, 0.15) is 0 Å². The van der Waals surface area contributed by atoms with E-state index < -0.39 is 0 Å². The predicted molar refractivity (Wildman–Crippen MR) is 77.6 cm³/mol. The number of β-amino-alcohol motifs (C(OH)–C–C–N with tert-alkyl or cyclic N) is 1. The number of nitrogens with zero attached hydrogens (tertiary/aromatic N) is 1. The lowest BCUT2D eigenvalue weighted by Gasteiger charge is -2.32. The average Bonchev–Trinajstić information content (AvgIpc) is 2.40. The molecular formula is C14H20N2OS. The number of nitrogens with one attached hydrogen (secondary N) is 1. The lowest BCUT2D eigenvalue weighted by Crippen LogP contribution is -2.47. The molecule has 1 fully saturated rings. The highest BCUT2D eigenvalue weighted by atomic mass is 32.1. The van der Waals surface area contributed by atoms with Crippen molar-refractivity contribution < 1.29 is 5.11 Å². The summed E-state index contributed by atoms with van der Waals surface area (Å²) >= 11 is 5.35. The fourth-order valence-corrected chi connectivity index (χ4v) is 2.48. The Labute approximate surface area is 114 Å². The molecule has 1 aromatic rings. The van der Waals surface area contributed by atoms with Gasteiger partial charge in [-0.2, -0.15) is 0 Å². The molecule has 0 unspecified atom stereocenters. The second-order valence-electron chi connectivity index (χ2n) is 4.71. The molecule has 1 aliphatic rings. The predicted octanol–water partition coefficient (Wildman–Crippen LogP) is 1.56. The molecule has 2 rings (SSSR count). The molecule has 0 radical (unpaired) electrons. The summed E-state index contributed by atoms with van der Waals surface area (Å²) in [6, 6.07) is 10.4. The number of benzene rings is 1. The van der Waals surface area contributed by atoms with Crippen molar-refractivity contribution in [2.45, 2.75) is 25.4 Å². The van der Waals surface area contributed by atoms with Crippen LogP contribution >= 0.6 is 12.2 Å². The molecule has 1 heterocycles. The molecule has 0 bridgehead atoms. The monoisotopic (exact) mass is 264 g/mol. The van der Waals surface area contributed by atoms with Gasteiger partial charge in [-0.15, -0.1) is 0 Å². The van der Waals surface area contributed by atoms with Crippen LogP contribution in [0.25, 0.3) is 0 Å². The fraction of sp³-hybridized carbons (Fsp3) is 0.500. The molecule has 1 saturated heterocycles. The average molecular weight is 264 g/mol. The maximum Gasteiger partial charge on any atom is 0.169 e. The maximum absolute atomic E-state index is 9.60. The van der Waals surface area contributed by atoms with E-state index in [0.717, 1.165) is 37.5 Å². The zero-order chi connectivity index (χ0) is 12.8. The van der Waals surface area contributed by atoms with Crippen molar-refractivity contribution >= 4 is 17.3 Å². The molecule has 98 valence electrons. The number of hydrogen-bond donors (Lipinski definition) is 2. The Balaban J connectivity index is 1.71. The highest BCUT2D eigenvalue weighted by Gasteiger charge is 2.19. The van der Waals surface area contributed by atoms with Crippen LogP contribution < -0.4 is 5.32 Å². The van der Waals surface area contributed by atoms with Gasteiger partial charge in [-0.25, -0.2) is 0 Å². The van der Waals surface area contributed by atoms with Crippen molar-refractivity contribution in [3.05, 3.63) is 35.9 Å². The Bertz CT molecular complexity index is 383. The van der Waals surface area contributed by atoms with Crippen molar-refractivity contribution in [1.82, 2.24) is 10.2 Å². The van der Waals surface area contributed by atoms with Gasteiger partial charge in [0.05, 0.1) is 6.10 Å². The van der Waals surface area contributed by atoms with Crippen LogP contribution in [0.3, 0.4) is 0 Å². The smallest absolute Gasteiger partial charge is 0.169 e. The summed E-state index contributed by atoms with van der Waals surface area (Å²) in [5.74, 6) is 0. The van der Waals surface area contributed by atoms with E-state index >= 15 is 0 Å². The highest BCUT2D eigenvalue weighted by Crippen LogP contribution is 2.09. The zero-order valence-corrected chi connectivity index (χ0v) is 11.3. The molecule has 0 aliphatic carbocycles. The second kappa shape index (κ2) is 6.71. The maximum atomic E-state index is 9.60. The summed E-state index contributed by atoms with van der Waals surface area (Å²) in [6.07, 6.45) is 2.65. The van der Waals surface area contributed by atoms with Crippen molar-refractivity contribution in [1.29, 1.82) is 0 Å². The highest BCUT2D eigenvalue weighted by molar-refractivity contribution is 7.80. The van der Waals surface area contributed by atoms with Crippen LogP contribution in [0.2, 0.25) is 0 Å². The Morgan fingerprint density at radius 2 is 2.17 bits per heavy atom. The standard InChI is InChI=1S/C14H20N2OS/c17-13-7-4-10-16(11-13)14(18)15-9-8-12-5-2-1-3-6-12/h1-3,5-6,13,17H,4,7-11H2,(H,15,18)/t13-/m0/s1. The van der Waals surface area contributed by atoms with E-state index in [4.69, 9.17) is 12.2 Å². The van der Waals surface area contributed by atoms with Gasteiger partial charge in [0.15, 0.2) is 5.11 Å². The Morgan fingerprint density at radius 3 is 2.89 bits per heavy atom. The quantitative estimate of drug-likeness (QED) is 0.812. The summed E-state index contributed by atoms with van der Waals surface area (Å²) < 4.78 is 0. The van der Waals surface area contributed by atoms with E-state index in [1.165, 1.54) is 5.56 Å². The van der Waals surface area contributed by atoms with E-state index in [-0.39, 0.29) is 6.10 Å². The van der Waals surface area contributed by atoms with E-state index in [2.05, 4.69) is 34.5 Å². The number of aliphatic hydroxyl groups excluding tert-OH is 1. The van der Waals surface area contributed by atoms with Crippen LogP contribution in [-0.4, -0.2) is 40.9 Å². The van der Waals surface area contributed by atoms with Gasteiger partial charge in [0.2, 0.25) is 0 Å². The Hall–Kier alpha value is -1.13. The van der Waals surface area contributed by atoms with Crippen molar-refractivity contribution in [3.63, 3.8) is 0 Å². The Kier molecular flexibility index (Phi) is 4.96. The van der Waals surface area contributed by atoms with E-state index in [1.807, 2.05) is 6.07 Å². The molecule has 1 aromatic carbocycles. The number of rotatable bonds is 3. The molecule has 4 heteroatoms. The van der Waals surface area contributed by atoms with Gasteiger partial charge in [0.25, 0.3) is 0 Å². The number of piperidine rings is 1. The minimum absolute atomic E-state index is 0.229. The first-order valence-electron chi connectivity index (χ1n) is 6.50. The first kappa shape index (κ1) is 13.3.